The van der Waals surface area contributed by atoms with Gasteiger partial charge in [0.25, 0.3) is 0 Å². The number of aliphatic hydroxyl groups excluding tert-OH is 1. The Morgan fingerprint density at radius 2 is 2.12 bits per heavy atom. The van der Waals surface area contributed by atoms with Crippen LogP contribution in [0.3, 0.4) is 0 Å². The van der Waals surface area contributed by atoms with Crippen molar-refractivity contribution in [2.45, 2.75) is 45.8 Å². The highest BCUT2D eigenvalue weighted by molar-refractivity contribution is 5.17. The van der Waals surface area contributed by atoms with Crippen LogP contribution in [0.5, 0.6) is 5.88 Å². The Morgan fingerprint density at radius 3 is 2.71 bits per heavy atom. The maximum atomic E-state index is 8.93. The van der Waals surface area contributed by atoms with Gasteiger partial charge >= 0.3 is 0 Å². The van der Waals surface area contributed by atoms with Gasteiger partial charge in [0.2, 0.25) is 5.88 Å². The summed E-state index contributed by atoms with van der Waals surface area (Å²) in [4.78, 5) is 4.21. The van der Waals surface area contributed by atoms with Crippen LogP contribution in [0.15, 0.2) is 18.3 Å². The molecule has 1 aromatic heterocycles. The van der Waals surface area contributed by atoms with E-state index in [1.165, 1.54) is 6.42 Å². The minimum absolute atomic E-state index is 0.0330. The van der Waals surface area contributed by atoms with Crippen LogP contribution in [0, 0.1) is 11.8 Å². The molecule has 0 aliphatic heterocycles. The largest absolute Gasteiger partial charge is 0.474 e. The van der Waals surface area contributed by atoms with Crippen molar-refractivity contribution < 1.29 is 9.84 Å². The van der Waals surface area contributed by atoms with E-state index in [9.17, 15) is 0 Å². The second kappa shape index (κ2) is 5.50. The van der Waals surface area contributed by atoms with Crippen LogP contribution in [-0.4, -0.2) is 16.2 Å². The minimum Gasteiger partial charge on any atom is -0.474 e. The molecule has 0 aromatic carbocycles. The molecule has 1 aromatic rings. The molecule has 1 aliphatic rings. The Labute approximate surface area is 103 Å². The minimum atomic E-state index is 0.0330. The molecular weight excluding hydrogens is 214 g/mol. The third kappa shape index (κ3) is 3.19. The Bertz CT molecular complexity index is 350. The summed E-state index contributed by atoms with van der Waals surface area (Å²) >= 11 is 0. The van der Waals surface area contributed by atoms with Crippen LogP contribution >= 0.6 is 0 Å². The molecule has 94 valence electrons. The monoisotopic (exact) mass is 235 g/mol. The second-order valence-electron chi connectivity index (χ2n) is 5.17. The molecule has 17 heavy (non-hydrogen) atoms. The van der Waals surface area contributed by atoms with E-state index in [-0.39, 0.29) is 6.61 Å². The van der Waals surface area contributed by atoms with E-state index >= 15 is 0 Å². The topological polar surface area (TPSA) is 42.4 Å². The van der Waals surface area contributed by atoms with E-state index in [0.29, 0.717) is 12.0 Å². The fraction of sp³-hybridized carbons (Fsp3) is 0.643. The van der Waals surface area contributed by atoms with E-state index < -0.39 is 0 Å². The number of rotatable bonds is 3. The molecule has 3 unspecified atom stereocenters. The fourth-order valence-electron chi connectivity index (χ4n) is 2.35. The molecule has 1 heterocycles. The van der Waals surface area contributed by atoms with Gasteiger partial charge in [-0.15, -0.1) is 0 Å². The van der Waals surface area contributed by atoms with E-state index in [1.807, 2.05) is 12.1 Å². The number of ether oxygens (including phenoxy) is 1. The molecule has 0 spiro atoms. The SMILES string of the molecule is CC1CCC(Oc2ccc(CO)cn2)CC1C. The molecule has 3 atom stereocenters. The molecular formula is C14H21NO2. The van der Waals surface area contributed by atoms with Crippen LogP contribution in [-0.2, 0) is 6.61 Å². The lowest BCUT2D eigenvalue weighted by Gasteiger charge is -2.31. The standard InChI is InChI=1S/C14H21NO2/c1-10-3-5-13(7-11(10)2)17-14-6-4-12(9-16)8-15-14/h4,6,8,10-11,13,16H,3,5,7,9H2,1-2H3. The van der Waals surface area contributed by atoms with Gasteiger partial charge in [0.1, 0.15) is 6.10 Å². The average Bonchev–Trinajstić information content (AvgIpc) is 2.35. The first-order valence-corrected chi connectivity index (χ1v) is 6.41. The third-order valence-electron chi connectivity index (χ3n) is 3.82. The lowest BCUT2D eigenvalue weighted by molar-refractivity contribution is 0.0964. The van der Waals surface area contributed by atoms with Crippen LogP contribution in [0.25, 0.3) is 0 Å². The molecule has 1 N–H and O–H groups in total. The van der Waals surface area contributed by atoms with Crippen LogP contribution in [0.4, 0.5) is 0 Å². The highest BCUT2D eigenvalue weighted by atomic mass is 16.5. The maximum absolute atomic E-state index is 8.93. The van der Waals surface area contributed by atoms with E-state index in [0.717, 1.165) is 30.2 Å². The first kappa shape index (κ1) is 12.4. The van der Waals surface area contributed by atoms with E-state index in [4.69, 9.17) is 9.84 Å². The Hall–Kier alpha value is -1.09. The van der Waals surface area contributed by atoms with Crippen LogP contribution in [0.2, 0.25) is 0 Å². The molecule has 1 fully saturated rings. The molecule has 1 aliphatic carbocycles. The zero-order valence-electron chi connectivity index (χ0n) is 10.6. The summed E-state index contributed by atoms with van der Waals surface area (Å²) in [5, 5.41) is 8.93. The van der Waals surface area contributed by atoms with Gasteiger partial charge in [-0.3, -0.25) is 0 Å². The number of hydrogen-bond donors (Lipinski definition) is 1. The molecule has 0 saturated heterocycles. The summed E-state index contributed by atoms with van der Waals surface area (Å²) in [6, 6.07) is 3.70. The normalized spacial score (nSPS) is 29.0. The molecule has 0 bridgehead atoms. The van der Waals surface area contributed by atoms with Crippen molar-refractivity contribution >= 4 is 0 Å². The van der Waals surface area contributed by atoms with Gasteiger partial charge in [0.15, 0.2) is 0 Å². The van der Waals surface area contributed by atoms with E-state index in [2.05, 4.69) is 18.8 Å². The van der Waals surface area contributed by atoms with Crippen molar-refractivity contribution in [1.29, 1.82) is 0 Å². The van der Waals surface area contributed by atoms with Crippen molar-refractivity contribution in [2.75, 3.05) is 0 Å². The van der Waals surface area contributed by atoms with Crippen molar-refractivity contribution in [3.05, 3.63) is 23.9 Å². The zero-order valence-corrected chi connectivity index (χ0v) is 10.6. The summed E-state index contributed by atoms with van der Waals surface area (Å²) in [6.07, 6.45) is 5.44. The first-order chi connectivity index (χ1) is 8.19. The molecule has 0 amide bonds. The van der Waals surface area contributed by atoms with Crippen molar-refractivity contribution in [3.63, 3.8) is 0 Å². The zero-order chi connectivity index (χ0) is 12.3. The average molecular weight is 235 g/mol. The Morgan fingerprint density at radius 1 is 1.29 bits per heavy atom. The summed E-state index contributed by atoms with van der Waals surface area (Å²) < 4.78 is 5.88. The summed E-state index contributed by atoms with van der Waals surface area (Å²) in [5.74, 6) is 2.21. The highest BCUT2D eigenvalue weighted by Gasteiger charge is 2.25. The first-order valence-electron chi connectivity index (χ1n) is 6.41. The number of aromatic nitrogens is 1. The maximum Gasteiger partial charge on any atom is 0.213 e. The lowest BCUT2D eigenvalue weighted by atomic mass is 9.80. The fourth-order valence-corrected chi connectivity index (χ4v) is 2.35. The third-order valence-corrected chi connectivity index (χ3v) is 3.82. The summed E-state index contributed by atoms with van der Waals surface area (Å²) in [7, 11) is 0. The molecule has 1 saturated carbocycles. The van der Waals surface area contributed by atoms with Gasteiger partial charge in [0, 0.05) is 12.3 Å². The van der Waals surface area contributed by atoms with E-state index in [1.54, 1.807) is 6.20 Å². The summed E-state index contributed by atoms with van der Waals surface area (Å²) in [5.41, 5.74) is 0.822. The second-order valence-corrected chi connectivity index (χ2v) is 5.17. The highest BCUT2D eigenvalue weighted by Crippen LogP contribution is 2.31. The summed E-state index contributed by atoms with van der Waals surface area (Å²) in [6.45, 7) is 4.64. The van der Waals surface area contributed by atoms with Gasteiger partial charge in [-0.1, -0.05) is 13.8 Å². The number of pyridine rings is 1. The van der Waals surface area contributed by atoms with Crippen molar-refractivity contribution in [2.24, 2.45) is 11.8 Å². The predicted octanol–water partition coefficient (Wildman–Crippen LogP) is 2.78. The van der Waals surface area contributed by atoms with Gasteiger partial charge < -0.3 is 9.84 Å². The van der Waals surface area contributed by atoms with Gasteiger partial charge in [-0.2, -0.15) is 0 Å². The van der Waals surface area contributed by atoms with Gasteiger partial charge in [0.05, 0.1) is 6.61 Å². The Kier molecular flexibility index (Phi) is 4.00. The molecule has 0 radical (unpaired) electrons. The van der Waals surface area contributed by atoms with Crippen LogP contribution < -0.4 is 4.74 Å². The van der Waals surface area contributed by atoms with Crippen LogP contribution in [0.1, 0.15) is 38.7 Å². The molecule has 2 rings (SSSR count). The molecule has 3 nitrogen and oxygen atoms in total. The quantitative estimate of drug-likeness (QED) is 0.876. The Balaban J connectivity index is 1.92. The van der Waals surface area contributed by atoms with Crippen molar-refractivity contribution in [3.8, 4) is 5.88 Å². The molecule has 3 heteroatoms. The number of hydrogen-bond acceptors (Lipinski definition) is 3. The number of aliphatic hydroxyl groups is 1. The van der Waals surface area contributed by atoms with Gasteiger partial charge in [-0.25, -0.2) is 4.98 Å². The predicted molar refractivity (Wildman–Crippen MR) is 66.8 cm³/mol. The van der Waals surface area contributed by atoms with Crippen molar-refractivity contribution in [1.82, 2.24) is 4.98 Å². The number of nitrogens with zero attached hydrogens (tertiary/aromatic N) is 1. The smallest absolute Gasteiger partial charge is 0.213 e. The lowest BCUT2D eigenvalue weighted by Crippen LogP contribution is -2.29. The van der Waals surface area contributed by atoms with Gasteiger partial charge in [-0.05, 0) is 42.7 Å².